The first-order chi connectivity index (χ1) is 9.11. The van der Waals surface area contributed by atoms with Crippen LogP contribution in [0.3, 0.4) is 0 Å². The van der Waals surface area contributed by atoms with E-state index in [9.17, 15) is 4.79 Å². The molecule has 0 aromatic carbocycles. The second-order valence-electron chi connectivity index (χ2n) is 4.80. The number of nitrogens with zero attached hydrogens (tertiary/aromatic N) is 3. The highest BCUT2D eigenvalue weighted by atomic mass is 32.1. The van der Waals surface area contributed by atoms with Gasteiger partial charge in [-0.3, -0.25) is 14.5 Å². The Morgan fingerprint density at radius 1 is 1.63 bits per heavy atom. The smallest absolute Gasteiger partial charge is 0.242 e. The Morgan fingerprint density at radius 3 is 3.11 bits per heavy atom. The van der Waals surface area contributed by atoms with Crippen LogP contribution in [0, 0.1) is 4.77 Å². The SMILES string of the molecule is CCCc1n[nH]c(=S)n1CC(=O)N1CCOC(C)C1. The molecule has 6 nitrogen and oxygen atoms in total. The number of aromatic amines is 1. The summed E-state index contributed by atoms with van der Waals surface area (Å²) in [4.78, 5) is 14.1. The third-order valence-corrected chi connectivity index (χ3v) is 3.51. The Labute approximate surface area is 117 Å². The monoisotopic (exact) mass is 284 g/mol. The van der Waals surface area contributed by atoms with Crippen LogP contribution in [0.2, 0.25) is 0 Å². The maximum Gasteiger partial charge on any atom is 0.242 e. The number of carbonyl (C=O) groups is 1. The number of H-pyrrole nitrogens is 1. The Hall–Kier alpha value is -1.21. The first-order valence-corrected chi connectivity index (χ1v) is 7.06. The molecule has 1 aliphatic rings. The summed E-state index contributed by atoms with van der Waals surface area (Å²) < 4.78 is 7.74. The Balaban J connectivity index is 2.06. The standard InChI is InChI=1S/C12H20N4O2S/c1-3-4-10-13-14-12(19)16(10)8-11(17)15-5-6-18-9(2)7-15/h9H,3-8H2,1-2H3,(H,14,19). The van der Waals surface area contributed by atoms with Crippen LogP contribution >= 0.6 is 12.2 Å². The molecule has 0 saturated carbocycles. The predicted octanol–water partition coefficient (Wildman–Crippen LogP) is 1.14. The summed E-state index contributed by atoms with van der Waals surface area (Å²) in [5.74, 6) is 0.923. The molecule has 1 N–H and O–H groups in total. The van der Waals surface area contributed by atoms with Gasteiger partial charge in [0.15, 0.2) is 4.77 Å². The van der Waals surface area contributed by atoms with Gasteiger partial charge in [0.1, 0.15) is 12.4 Å². The summed E-state index contributed by atoms with van der Waals surface area (Å²) in [6, 6.07) is 0. The largest absolute Gasteiger partial charge is 0.375 e. The van der Waals surface area contributed by atoms with Gasteiger partial charge in [0.2, 0.25) is 5.91 Å². The van der Waals surface area contributed by atoms with Crippen molar-refractivity contribution in [2.75, 3.05) is 19.7 Å². The van der Waals surface area contributed by atoms with Crippen LogP contribution in [0.5, 0.6) is 0 Å². The highest BCUT2D eigenvalue weighted by Gasteiger charge is 2.22. The molecule has 1 aromatic heterocycles. The third kappa shape index (κ3) is 3.42. The number of hydrogen-bond donors (Lipinski definition) is 1. The molecule has 7 heteroatoms. The summed E-state index contributed by atoms with van der Waals surface area (Å²) >= 11 is 5.18. The molecular weight excluding hydrogens is 264 g/mol. The average Bonchev–Trinajstić information content (AvgIpc) is 2.72. The molecule has 1 saturated heterocycles. The lowest BCUT2D eigenvalue weighted by Gasteiger charge is -2.31. The number of ether oxygens (including phenoxy) is 1. The van der Waals surface area contributed by atoms with Gasteiger partial charge < -0.3 is 9.64 Å². The number of amides is 1. The fourth-order valence-electron chi connectivity index (χ4n) is 2.21. The van der Waals surface area contributed by atoms with Crippen LogP contribution in [0.4, 0.5) is 0 Å². The fraction of sp³-hybridized carbons (Fsp3) is 0.750. The molecule has 2 rings (SSSR count). The van der Waals surface area contributed by atoms with Gasteiger partial charge in [0, 0.05) is 19.5 Å². The van der Waals surface area contributed by atoms with E-state index < -0.39 is 0 Å². The molecule has 106 valence electrons. The van der Waals surface area contributed by atoms with Gasteiger partial charge in [-0.15, -0.1) is 0 Å². The van der Waals surface area contributed by atoms with E-state index in [0.717, 1.165) is 18.7 Å². The van der Waals surface area contributed by atoms with Crippen molar-refractivity contribution in [1.29, 1.82) is 0 Å². The molecule has 1 aliphatic heterocycles. The number of rotatable bonds is 4. The third-order valence-electron chi connectivity index (χ3n) is 3.20. The summed E-state index contributed by atoms with van der Waals surface area (Å²) in [5.41, 5.74) is 0. The van der Waals surface area contributed by atoms with Gasteiger partial charge >= 0.3 is 0 Å². The molecule has 0 radical (unpaired) electrons. The number of aromatic nitrogens is 3. The number of hydrogen-bond acceptors (Lipinski definition) is 4. The minimum Gasteiger partial charge on any atom is -0.375 e. The second kappa shape index (κ2) is 6.29. The summed E-state index contributed by atoms with van der Waals surface area (Å²) in [7, 11) is 0. The molecule has 0 spiro atoms. The van der Waals surface area contributed by atoms with Gasteiger partial charge in [-0.05, 0) is 25.6 Å². The number of nitrogens with one attached hydrogen (secondary N) is 1. The quantitative estimate of drug-likeness (QED) is 0.842. The number of morpholine rings is 1. The molecule has 2 heterocycles. The van der Waals surface area contributed by atoms with Crippen LogP contribution in [0.15, 0.2) is 0 Å². The van der Waals surface area contributed by atoms with Gasteiger partial charge in [0.05, 0.1) is 12.7 Å². The van der Waals surface area contributed by atoms with E-state index in [0.29, 0.717) is 24.5 Å². The zero-order chi connectivity index (χ0) is 13.8. The van der Waals surface area contributed by atoms with E-state index in [2.05, 4.69) is 17.1 Å². The maximum absolute atomic E-state index is 12.3. The lowest BCUT2D eigenvalue weighted by atomic mass is 10.3. The molecule has 1 fully saturated rings. The Morgan fingerprint density at radius 2 is 2.42 bits per heavy atom. The number of carbonyl (C=O) groups excluding carboxylic acids is 1. The summed E-state index contributed by atoms with van der Waals surface area (Å²) in [5, 5.41) is 6.93. The molecule has 1 aromatic rings. The fourth-order valence-corrected chi connectivity index (χ4v) is 2.42. The van der Waals surface area contributed by atoms with Crippen LogP contribution in [0.1, 0.15) is 26.1 Å². The van der Waals surface area contributed by atoms with Crippen molar-refractivity contribution in [3.8, 4) is 0 Å². The molecule has 1 amide bonds. The summed E-state index contributed by atoms with van der Waals surface area (Å²) in [6.07, 6.45) is 1.90. The van der Waals surface area contributed by atoms with Crippen molar-refractivity contribution in [1.82, 2.24) is 19.7 Å². The molecule has 1 atom stereocenters. The van der Waals surface area contributed by atoms with Crippen molar-refractivity contribution in [2.24, 2.45) is 0 Å². The van der Waals surface area contributed by atoms with Crippen molar-refractivity contribution in [3.63, 3.8) is 0 Å². The lowest BCUT2D eigenvalue weighted by Crippen LogP contribution is -2.45. The molecule has 1 unspecified atom stereocenters. The molecular formula is C12H20N4O2S. The van der Waals surface area contributed by atoms with E-state index in [-0.39, 0.29) is 18.6 Å². The molecule has 0 bridgehead atoms. The normalized spacial score (nSPS) is 19.7. The first-order valence-electron chi connectivity index (χ1n) is 6.65. The summed E-state index contributed by atoms with van der Waals surface area (Å²) in [6.45, 7) is 6.21. The van der Waals surface area contributed by atoms with Gasteiger partial charge in [-0.1, -0.05) is 6.92 Å². The van der Waals surface area contributed by atoms with Crippen molar-refractivity contribution < 1.29 is 9.53 Å². The van der Waals surface area contributed by atoms with E-state index in [1.165, 1.54) is 0 Å². The Bertz CT molecular complexity index is 496. The van der Waals surface area contributed by atoms with Crippen molar-refractivity contribution in [3.05, 3.63) is 10.6 Å². The van der Waals surface area contributed by atoms with Crippen LogP contribution < -0.4 is 0 Å². The maximum atomic E-state index is 12.3. The number of aryl methyl sites for hydroxylation is 1. The second-order valence-corrected chi connectivity index (χ2v) is 5.19. The zero-order valence-corrected chi connectivity index (χ0v) is 12.2. The highest BCUT2D eigenvalue weighted by Crippen LogP contribution is 2.07. The van der Waals surface area contributed by atoms with Crippen LogP contribution in [0.25, 0.3) is 0 Å². The zero-order valence-electron chi connectivity index (χ0n) is 11.4. The molecule has 0 aliphatic carbocycles. The van der Waals surface area contributed by atoms with E-state index in [1.54, 1.807) is 4.57 Å². The lowest BCUT2D eigenvalue weighted by molar-refractivity contribution is -0.138. The molecule has 19 heavy (non-hydrogen) atoms. The topological polar surface area (TPSA) is 63.2 Å². The van der Waals surface area contributed by atoms with Crippen molar-refractivity contribution in [2.45, 2.75) is 39.3 Å². The van der Waals surface area contributed by atoms with E-state index in [1.807, 2.05) is 11.8 Å². The predicted molar refractivity (Wildman–Crippen MR) is 73.4 cm³/mol. The van der Waals surface area contributed by atoms with Crippen molar-refractivity contribution >= 4 is 18.1 Å². The van der Waals surface area contributed by atoms with Gasteiger partial charge in [-0.2, -0.15) is 5.10 Å². The van der Waals surface area contributed by atoms with E-state index in [4.69, 9.17) is 17.0 Å². The average molecular weight is 284 g/mol. The van der Waals surface area contributed by atoms with Gasteiger partial charge in [0.25, 0.3) is 0 Å². The minimum atomic E-state index is 0.0741. The highest BCUT2D eigenvalue weighted by molar-refractivity contribution is 7.71. The minimum absolute atomic E-state index is 0.0741. The Kier molecular flexibility index (Phi) is 4.71. The van der Waals surface area contributed by atoms with Crippen LogP contribution in [-0.2, 0) is 22.5 Å². The van der Waals surface area contributed by atoms with E-state index >= 15 is 0 Å². The first kappa shape index (κ1) is 14.2. The van der Waals surface area contributed by atoms with Gasteiger partial charge in [-0.25, -0.2) is 0 Å². The van der Waals surface area contributed by atoms with Crippen LogP contribution in [-0.4, -0.2) is 51.4 Å².